The van der Waals surface area contributed by atoms with Crippen molar-refractivity contribution in [1.29, 1.82) is 0 Å². The fourth-order valence-electron chi connectivity index (χ4n) is 9.54. The number of aromatic nitrogens is 2. The van der Waals surface area contributed by atoms with Crippen LogP contribution in [0.4, 0.5) is 34.1 Å². The minimum atomic E-state index is 0.802. The van der Waals surface area contributed by atoms with E-state index in [1.807, 2.05) is 24.3 Å². The van der Waals surface area contributed by atoms with Gasteiger partial charge in [-0.1, -0.05) is 103 Å². The number of anilines is 6. The Kier molecular flexibility index (Phi) is 6.91. The molecule has 4 heterocycles. The summed E-state index contributed by atoms with van der Waals surface area (Å²) in [5, 5.41) is 4.75. The molecule has 6 nitrogen and oxygen atoms in total. The minimum absolute atomic E-state index is 0.802. The molecule has 9 aromatic carbocycles. The fourth-order valence-corrected chi connectivity index (χ4v) is 9.54. The van der Waals surface area contributed by atoms with E-state index in [2.05, 4.69) is 201 Å². The Bertz CT molecular complexity index is 3520. The van der Waals surface area contributed by atoms with Crippen LogP contribution in [0.25, 0.3) is 55.0 Å². The lowest BCUT2D eigenvalue weighted by molar-refractivity contribution is 0.476. The number of hydrogen-bond donors (Lipinski definition) is 0. The van der Waals surface area contributed by atoms with Crippen LogP contribution in [0.5, 0.6) is 23.0 Å². The van der Waals surface area contributed by atoms with Crippen LogP contribution < -0.4 is 19.3 Å². The highest BCUT2D eigenvalue weighted by Gasteiger charge is 2.29. The number of para-hydroxylation sites is 8. The van der Waals surface area contributed by atoms with Crippen LogP contribution in [0, 0.1) is 0 Å². The second-order valence-corrected chi connectivity index (χ2v) is 15.3. The highest BCUT2D eigenvalue weighted by atomic mass is 16.5. The summed E-state index contributed by atoms with van der Waals surface area (Å²) in [6.45, 7) is 0. The van der Waals surface area contributed by atoms with Crippen molar-refractivity contribution in [2.75, 3.05) is 9.80 Å². The van der Waals surface area contributed by atoms with E-state index in [-0.39, 0.29) is 0 Å². The number of ether oxygens (including phenoxy) is 2. The number of rotatable bonds is 4. The molecule has 11 aromatic rings. The van der Waals surface area contributed by atoms with Crippen molar-refractivity contribution >= 4 is 77.7 Å². The zero-order valence-corrected chi connectivity index (χ0v) is 32.2. The van der Waals surface area contributed by atoms with E-state index in [1.165, 1.54) is 21.5 Å². The van der Waals surface area contributed by atoms with Gasteiger partial charge < -0.3 is 28.4 Å². The van der Waals surface area contributed by atoms with Gasteiger partial charge in [-0.3, -0.25) is 0 Å². The predicted octanol–water partition coefficient (Wildman–Crippen LogP) is 15.0. The molecule has 60 heavy (non-hydrogen) atoms. The third-order valence-electron chi connectivity index (χ3n) is 12.0. The zero-order valence-electron chi connectivity index (χ0n) is 32.2. The molecule has 282 valence electrons. The van der Waals surface area contributed by atoms with E-state index < -0.39 is 0 Å². The Morgan fingerprint density at radius 3 is 1.35 bits per heavy atom. The first-order valence-corrected chi connectivity index (χ1v) is 20.3. The molecule has 0 fully saturated rings. The van der Waals surface area contributed by atoms with Crippen LogP contribution in [0.3, 0.4) is 0 Å². The zero-order chi connectivity index (χ0) is 39.3. The standard InChI is InChI=1S/C54H34N4O2/c1-3-15-35(16-4-1)55-44-23-11-13-25-49(44)59-51-33-37(27-30-46(51)55)57-43-22-10-8-20-41(43)53-48(57)32-29-40-39-19-7-9-21-42(39)58(54(40)53)38-28-31-47-52(34-38)60-50-26-14-12-24-45(50)56(47)36-17-5-2-6-18-36/h1-34H. The van der Waals surface area contributed by atoms with E-state index >= 15 is 0 Å². The van der Waals surface area contributed by atoms with Crippen LogP contribution in [0.2, 0.25) is 0 Å². The smallest absolute Gasteiger partial charge is 0.153 e. The van der Waals surface area contributed by atoms with Crippen LogP contribution in [0.15, 0.2) is 206 Å². The van der Waals surface area contributed by atoms with Crippen molar-refractivity contribution in [3.05, 3.63) is 206 Å². The summed E-state index contributed by atoms with van der Waals surface area (Å²) in [7, 11) is 0. The molecular weight excluding hydrogens is 737 g/mol. The van der Waals surface area contributed by atoms with Crippen molar-refractivity contribution in [2.45, 2.75) is 0 Å². The lowest BCUT2D eigenvalue weighted by Crippen LogP contribution is -2.16. The van der Waals surface area contributed by atoms with Gasteiger partial charge in [-0.2, -0.15) is 0 Å². The highest BCUT2D eigenvalue weighted by molar-refractivity contribution is 6.26. The van der Waals surface area contributed by atoms with Gasteiger partial charge in [-0.25, -0.2) is 0 Å². The van der Waals surface area contributed by atoms with E-state index in [0.717, 1.165) is 90.6 Å². The molecule has 13 rings (SSSR count). The van der Waals surface area contributed by atoms with Gasteiger partial charge in [0.1, 0.15) is 0 Å². The van der Waals surface area contributed by atoms with E-state index in [9.17, 15) is 0 Å². The monoisotopic (exact) mass is 770 g/mol. The molecule has 2 aliphatic heterocycles. The molecule has 0 aliphatic carbocycles. The number of hydrogen-bond acceptors (Lipinski definition) is 4. The second kappa shape index (κ2) is 12.6. The Labute approximate surface area is 345 Å². The van der Waals surface area contributed by atoms with Gasteiger partial charge in [-0.05, 0) is 91.0 Å². The van der Waals surface area contributed by atoms with Gasteiger partial charge in [0.25, 0.3) is 0 Å². The molecule has 0 atom stereocenters. The maximum absolute atomic E-state index is 6.74. The van der Waals surface area contributed by atoms with Gasteiger partial charge in [0.2, 0.25) is 0 Å². The van der Waals surface area contributed by atoms with Gasteiger partial charge >= 0.3 is 0 Å². The number of benzene rings is 9. The van der Waals surface area contributed by atoms with Gasteiger partial charge in [0.15, 0.2) is 23.0 Å². The second-order valence-electron chi connectivity index (χ2n) is 15.3. The topological polar surface area (TPSA) is 34.8 Å². The molecule has 0 saturated carbocycles. The van der Waals surface area contributed by atoms with Crippen LogP contribution in [-0.2, 0) is 0 Å². The maximum atomic E-state index is 6.74. The molecule has 2 aliphatic rings. The van der Waals surface area contributed by atoms with Gasteiger partial charge in [-0.15, -0.1) is 0 Å². The first kappa shape index (κ1) is 32.8. The molecule has 2 aromatic heterocycles. The molecule has 0 N–H and O–H groups in total. The summed E-state index contributed by atoms with van der Waals surface area (Å²) in [4.78, 5) is 4.57. The molecule has 0 saturated heterocycles. The third-order valence-corrected chi connectivity index (χ3v) is 12.0. The van der Waals surface area contributed by atoms with Crippen molar-refractivity contribution in [3.63, 3.8) is 0 Å². The van der Waals surface area contributed by atoms with Gasteiger partial charge in [0, 0.05) is 45.1 Å². The lowest BCUT2D eigenvalue weighted by Gasteiger charge is -2.33. The third kappa shape index (κ3) is 4.70. The Hall–Kier alpha value is -8.22. The van der Waals surface area contributed by atoms with Crippen molar-refractivity contribution in [3.8, 4) is 34.4 Å². The molecule has 6 heteroatoms. The Balaban J connectivity index is 1.04. The largest absolute Gasteiger partial charge is 0.453 e. The van der Waals surface area contributed by atoms with Crippen molar-refractivity contribution in [2.24, 2.45) is 0 Å². The summed E-state index contributed by atoms with van der Waals surface area (Å²) in [6, 6.07) is 72.8. The van der Waals surface area contributed by atoms with Crippen molar-refractivity contribution in [1.82, 2.24) is 9.13 Å². The van der Waals surface area contributed by atoms with Crippen LogP contribution in [0.1, 0.15) is 0 Å². The maximum Gasteiger partial charge on any atom is 0.153 e. The molecule has 0 bridgehead atoms. The summed E-state index contributed by atoms with van der Waals surface area (Å²) >= 11 is 0. The fraction of sp³-hybridized carbons (Fsp3) is 0. The highest BCUT2D eigenvalue weighted by Crippen LogP contribution is 2.53. The molecule has 0 radical (unpaired) electrons. The minimum Gasteiger partial charge on any atom is -0.453 e. The van der Waals surface area contributed by atoms with Crippen LogP contribution >= 0.6 is 0 Å². The first-order chi connectivity index (χ1) is 29.8. The van der Waals surface area contributed by atoms with E-state index in [1.54, 1.807) is 0 Å². The van der Waals surface area contributed by atoms with E-state index in [4.69, 9.17) is 9.47 Å². The summed E-state index contributed by atoms with van der Waals surface area (Å²) in [6.07, 6.45) is 0. The normalized spacial score (nSPS) is 12.9. The SMILES string of the molecule is c1ccc(N2c3ccccc3Oc3cc(-n4c5ccccc5c5c4ccc4c6ccccc6n(-c6ccc7c(c6)Oc6ccccc6N7c6ccccc6)c45)ccc32)cc1. The number of fused-ring (bicyclic) bond motifs is 11. The van der Waals surface area contributed by atoms with Gasteiger partial charge in [0.05, 0.1) is 56.2 Å². The van der Waals surface area contributed by atoms with Crippen LogP contribution in [-0.4, -0.2) is 9.13 Å². The lowest BCUT2D eigenvalue weighted by atomic mass is 10.1. The Morgan fingerprint density at radius 2 is 0.750 bits per heavy atom. The summed E-state index contributed by atoms with van der Waals surface area (Å²) in [5.74, 6) is 3.25. The average molecular weight is 771 g/mol. The predicted molar refractivity (Wildman–Crippen MR) is 245 cm³/mol. The van der Waals surface area contributed by atoms with Crippen molar-refractivity contribution < 1.29 is 9.47 Å². The molecule has 0 unspecified atom stereocenters. The first-order valence-electron chi connectivity index (χ1n) is 20.3. The molecular formula is C54H34N4O2. The average Bonchev–Trinajstić information content (AvgIpc) is 3.83. The van der Waals surface area contributed by atoms with E-state index in [0.29, 0.717) is 0 Å². The molecule has 0 spiro atoms. The quantitative estimate of drug-likeness (QED) is 0.179. The Morgan fingerprint density at radius 1 is 0.283 bits per heavy atom. The number of nitrogens with zero attached hydrogens (tertiary/aromatic N) is 4. The molecule has 0 amide bonds. The summed E-state index contributed by atoms with van der Waals surface area (Å²) in [5.41, 5.74) is 12.8. The summed E-state index contributed by atoms with van der Waals surface area (Å²) < 4.78 is 18.3.